The van der Waals surface area contributed by atoms with Crippen LogP contribution >= 0.6 is 11.6 Å². The van der Waals surface area contributed by atoms with Gasteiger partial charge in [-0.15, -0.1) is 0 Å². The van der Waals surface area contributed by atoms with Gasteiger partial charge >= 0.3 is 0 Å². The number of hydrogen-bond acceptors (Lipinski definition) is 3. The molecular formula is C20H21ClN2O2. The normalized spacial score (nSPS) is 14.0. The van der Waals surface area contributed by atoms with E-state index in [9.17, 15) is 4.79 Å². The number of nitrogens with zero attached hydrogens (tertiary/aromatic N) is 2. The Hall–Kier alpha value is -2.33. The molecule has 5 heteroatoms. The summed E-state index contributed by atoms with van der Waals surface area (Å²) in [4.78, 5) is 14.0. The van der Waals surface area contributed by atoms with Crippen LogP contribution in [0.2, 0.25) is 5.02 Å². The quantitative estimate of drug-likeness (QED) is 0.540. The number of halogens is 1. The monoisotopic (exact) mass is 356 g/mol. The number of carbonyl (C=O) groups excluding carboxylic acids is 1. The summed E-state index contributed by atoms with van der Waals surface area (Å²) >= 11 is 5.91. The Balaban J connectivity index is 1.73. The van der Waals surface area contributed by atoms with Crippen molar-refractivity contribution in [3.8, 4) is 11.3 Å². The zero-order valence-electron chi connectivity index (χ0n) is 14.1. The summed E-state index contributed by atoms with van der Waals surface area (Å²) in [6.45, 7) is 4.63. The summed E-state index contributed by atoms with van der Waals surface area (Å²) < 4.78 is 5.42. The van der Waals surface area contributed by atoms with Crippen molar-refractivity contribution < 1.29 is 9.32 Å². The van der Waals surface area contributed by atoms with Gasteiger partial charge in [0.05, 0.1) is 6.54 Å². The Morgan fingerprint density at radius 3 is 2.76 bits per heavy atom. The molecule has 1 aromatic carbocycles. The highest BCUT2D eigenvalue weighted by Gasteiger charge is 2.17. The number of hydrogen-bond donors (Lipinski definition) is 0. The molecule has 0 unspecified atom stereocenters. The molecule has 0 aliphatic heterocycles. The van der Waals surface area contributed by atoms with Crippen molar-refractivity contribution in [3.05, 3.63) is 65.4 Å². The van der Waals surface area contributed by atoms with Crippen LogP contribution in [0.3, 0.4) is 0 Å². The van der Waals surface area contributed by atoms with Crippen molar-refractivity contribution in [2.45, 2.75) is 32.2 Å². The molecule has 1 aromatic heterocycles. The van der Waals surface area contributed by atoms with Crippen LogP contribution in [0.15, 0.2) is 59.2 Å². The van der Waals surface area contributed by atoms with Gasteiger partial charge in [0.25, 0.3) is 0 Å². The summed E-state index contributed by atoms with van der Waals surface area (Å²) in [7, 11) is 0. The number of aromatic nitrogens is 1. The first-order valence-electron chi connectivity index (χ1n) is 8.46. The highest BCUT2D eigenvalue weighted by atomic mass is 35.5. The third-order valence-corrected chi connectivity index (χ3v) is 4.56. The van der Waals surface area contributed by atoms with Crippen molar-refractivity contribution in [2.24, 2.45) is 0 Å². The maximum atomic E-state index is 12.2. The molecule has 1 amide bonds. The standard InChI is InChI=1S/C20H21ClN2O2/c1-2-20(24)23(13-15-6-4-3-5-7-15)14-18-12-19(25-22-18)16-8-10-17(21)11-9-16/h2,6,8-12H,1,3-5,7,13-14H2. The Morgan fingerprint density at radius 1 is 1.28 bits per heavy atom. The van der Waals surface area contributed by atoms with Gasteiger partial charge in [0.15, 0.2) is 5.76 Å². The van der Waals surface area contributed by atoms with E-state index >= 15 is 0 Å². The summed E-state index contributed by atoms with van der Waals surface area (Å²) in [6, 6.07) is 9.24. The van der Waals surface area contributed by atoms with Crippen LogP contribution in [0.5, 0.6) is 0 Å². The van der Waals surface area contributed by atoms with Gasteiger partial charge in [-0.25, -0.2) is 0 Å². The van der Waals surface area contributed by atoms with Gasteiger partial charge in [-0.05, 0) is 56.0 Å². The maximum absolute atomic E-state index is 12.2. The molecule has 1 aliphatic rings. The molecule has 3 rings (SSSR count). The van der Waals surface area contributed by atoms with Gasteiger partial charge in [-0.2, -0.15) is 0 Å². The Labute approximate surface area is 152 Å². The minimum atomic E-state index is -0.0949. The number of benzene rings is 1. The van der Waals surface area contributed by atoms with Gasteiger partial charge in [-0.1, -0.05) is 35.0 Å². The van der Waals surface area contributed by atoms with Crippen molar-refractivity contribution in [1.82, 2.24) is 10.1 Å². The Kier molecular flexibility index (Phi) is 5.71. The predicted molar refractivity (Wildman–Crippen MR) is 99.1 cm³/mol. The van der Waals surface area contributed by atoms with Gasteiger partial charge < -0.3 is 9.42 Å². The molecular weight excluding hydrogens is 336 g/mol. The third-order valence-electron chi connectivity index (χ3n) is 4.31. The van der Waals surface area contributed by atoms with Gasteiger partial charge in [0.2, 0.25) is 5.91 Å². The highest BCUT2D eigenvalue weighted by Crippen LogP contribution is 2.24. The van der Waals surface area contributed by atoms with Crippen LogP contribution in [0.25, 0.3) is 11.3 Å². The second-order valence-electron chi connectivity index (χ2n) is 6.20. The summed E-state index contributed by atoms with van der Waals surface area (Å²) in [5.41, 5.74) is 2.93. The topological polar surface area (TPSA) is 46.3 Å². The van der Waals surface area contributed by atoms with E-state index < -0.39 is 0 Å². The Morgan fingerprint density at radius 2 is 2.08 bits per heavy atom. The lowest BCUT2D eigenvalue weighted by atomic mass is 9.99. The molecule has 2 aromatic rings. The molecule has 0 bridgehead atoms. The van der Waals surface area contributed by atoms with E-state index in [0.29, 0.717) is 23.9 Å². The van der Waals surface area contributed by atoms with Gasteiger partial charge in [0, 0.05) is 23.2 Å². The van der Waals surface area contributed by atoms with Gasteiger partial charge in [-0.3, -0.25) is 4.79 Å². The molecule has 0 radical (unpaired) electrons. The van der Waals surface area contributed by atoms with Crippen molar-refractivity contribution in [1.29, 1.82) is 0 Å². The van der Waals surface area contributed by atoms with Crippen LogP contribution in [0.1, 0.15) is 31.4 Å². The third kappa shape index (κ3) is 4.60. The first kappa shape index (κ1) is 17.5. The summed E-state index contributed by atoms with van der Waals surface area (Å²) in [6.07, 6.45) is 8.16. The van der Waals surface area contributed by atoms with Crippen LogP contribution in [-0.2, 0) is 11.3 Å². The maximum Gasteiger partial charge on any atom is 0.246 e. The van der Waals surface area contributed by atoms with Crippen LogP contribution in [-0.4, -0.2) is 22.5 Å². The van der Waals surface area contributed by atoms with Crippen molar-refractivity contribution in [3.63, 3.8) is 0 Å². The fraction of sp³-hybridized carbons (Fsp3) is 0.300. The molecule has 0 atom stereocenters. The van der Waals surface area contributed by atoms with Crippen LogP contribution in [0, 0.1) is 0 Å². The first-order chi connectivity index (χ1) is 12.2. The lowest BCUT2D eigenvalue weighted by molar-refractivity contribution is -0.126. The molecule has 0 fully saturated rings. The first-order valence-corrected chi connectivity index (χ1v) is 8.84. The molecule has 130 valence electrons. The van der Waals surface area contributed by atoms with E-state index in [1.54, 1.807) is 4.90 Å². The zero-order chi connectivity index (χ0) is 17.6. The summed E-state index contributed by atoms with van der Waals surface area (Å²) in [5.74, 6) is 0.567. The smallest absolute Gasteiger partial charge is 0.246 e. The fourth-order valence-electron chi connectivity index (χ4n) is 2.97. The van der Waals surface area contributed by atoms with E-state index in [1.165, 1.54) is 24.5 Å². The van der Waals surface area contributed by atoms with E-state index in [4.69, 9.17) is 16.1 Å². The predicted octanol–water partition coefficient (Wildman–Crippen LogP) is 5.01. The zero-order valence-corrected chi connectivity index (χ0v) is 14.8. The number of rotatable bonds is 6. The number of allylic oxidation sites excluding steroid dienone is 1. The molecule has 1 aliphatic carbocycles. The lowest BCUT2D eigenvalue weighted by Crippen LogP contribution is -2.31. The van der Waals surface area contributed by atoms with Crippen LogP contribution in [0.4, 0.5) is 0 Å². The van der Waals surface area contributed by atoms with Crippen molar-refractivity contribution in [2.75, 3.05) is 6.54 Å². The molecule has 1 heterocycles. The van der Waals surface area contributed by atoms with Crippen molar-refractivity contribution >= 4 is 17.5 Å². The highest BCUT2D eigenvalue weighted by molar-refractivity contribution is 6.30. The molecule has 0 spiro atoms. The second kappa shape index (κ2) is 8.17. The van der Waals surface area contributed by atoms with E-state index in [2.05, 4.69) is 17.8 Å². The number of carbonyl (C=O) groups is 1. The second-order valence-corrected chi connectivity index (χ2v) is 6.63. The number of amides is 1. The average molecular weight is 357 g/mol. The molecule has 0 saturated carbocycles. The van der Waals surface area contributed by atoms with Crippen LogP contribution < -0.4 is 0 Å². The van der Waals surface area contributed by atoms with E-state index in [1.807, 2.05) is 30.3 Å². The largest absolute Gasteiger partial charge is 0.356 e. The Bertz CT molecular complexity index is 777. The van der Waals surface area contributed by atoms with Gasteiger partial charge in [0.1, 0.15) is 5.69 Å². The van der Waals surface area contributed by atoms with E-state index in [-0.39, 0.29) is 5.91 Å². The molecule has 4 nitrogen and oxygen atoms in total. The fourth-order valence-corrected chi connectivity index (χ4v) is 3.09. The minimum Gasteiger partial charge on any atom is -0.356 e. The lowest BCUT2D eigenvalue weighted by Gasteiger charge is -2.23. The minimum absolute atomic E-state index is 0.0949. The summed E-state index contributed by atoms with van der Waals surface area (Å²) in [5, 5.41) is 4.78. The molecule has 0 saturated heterocycles. The van der Waals surface area contributed by atoms with E-state index in [0.717, 1.165) is 24.1 Å². The molecule has 25 heavy (non-hydrogen) atoms. The SMILES string of the molecule is C=CC(=O)N(CC1=CCCCC1)Cc1cc(-c2ccc(Cl)cc2)on1. The molecule has 0 N–H and O–H groups in total. The average Bonchev–Trinajstić information content (AvgIpc) is 3.10.